The van der Waals surface area contributed by atoms with Gasteiger partial charge in [0.2, 0.25) is 0 Å². The van der Waals surface area contributed by atoms with E-state index in [0.717, 1.165) is 29.1 Å². The number of carbonyl (C=O) groups is 1. The number of benzene rings is 1. The molecule has 0 heterocycles. The zero-order valence-corrected chi connectivity index (χ0v) is 10.0. The minimum Gasteiger partial charge on any atom is -0.481 e. The summed E-state index contributed by atoms with van der Waals surface area (Å²) in [5.74, 6) is 1.11. The van der Waals surface area contributed by atoms with Crippen LogP contribution in [0.4, 0.5) is 0 Å². The topological polar surface area (TPSA) is 63.3 Å². The van der Waals surface area contributed by atoms with Crippen LogP contribution in [-0.2, 0) is 17.0 Å². The molecular formula is C12H17NO2S. The second kappa shape index (κ2) is 7.30. The monoisotopic (exact) mass is 239 g/mol. The maximum Gasteiger partial charge on any atom is 0.307 e. The molecule has 1 aromatic carbocycles. The highest BCUT2D eigenvalue weighted by molar-refractivity contribution is 7.98. The fourth-order valence-corrected chi connectivity index (χ4v) is 2.42. The zero-order valence-electron chi connectivity index (χ0n) is 9.19. The van der Waals surface area contributed by atoms with Crippen LogP contribution in [0.3, 0.4) is 0 Å². The van der Waals surface area contributed by atoms with Crippen LogP contribution in [0.2, 0.25) is 0 Å². The predicted octanol–water partition coefficient (Wildman–Crippen LogP) is 1.90. The number of carboxylic acid groups (broad SMARTS) is 1. The normalized spacial score (nSPS) is 10.3. The van der Waals surface area contributed by atoms with E-state index in [4.69, 9.17) is 10.8 Å². The third-order valence-electron chi connectivity index (χ3n) is 2.21. The van der Waals surface area contributed by atoms with Gasteiger partial charge in [0, 0.05) is 5.75 Å². The largest absolute Gasteiger partial charge is 0.481 e. The summed E-state index contributed by atoms with van der Waals surface area (Å²) in [4.78, 5) is 10.7. The number of thioether (sulfide) groups is 1. The van der Waals surface area contributed by atoms with Gasteiger partial charge in [-0.05, 0) is 29.8 Å². The maximum absolute atomic E-state index is 10.7. The molecule has 1 aromatic rings. The summed E-state index contributed by atoms with van der Waals surface area (Å²) in [6.45, 7) is 0.712. The van der Waals surface area contributed by atoms with Crippen molar-refractivity contribution in [1.29, 1.82) is 0 Å². The predicted molar refractivity (Wildman–Crippen MR) is 67.6 cm³/mol. The molecule has 1 rings (SSSR count). The Morgan fingerprint density at radius 1 is 1.31 bits per heavy atom. The van der Waals surface area contributed by atoms with E-state index >= 15 is 0 Å². The van der Waals surface area contributed by atoms with Crippen molar-refractivity contribution in [3.05, 3.63) is 35.4 Å². The molecule has 0 aromatic heterocycles. The average molecular weight is 239 g/mol. The second-order valence-electron chi connectivity index (χ2n) is 3.53. The van der Waals surface area contributed by atoms with E-state index in [9.17, 15) is 4.79 Å². The van der Waals surface area contributed by atoms with Gasteiger partial charge >= 0.3 is 5.97 Å². The molecule has 3 N–H and O–H groups in total. The SMILES string of the molecule is NCCCSCc1ccccc1CC(=O)O. The Hall–Kier alpha value is -1.00. The standard InChI is InChI=1S/C12H17NO2S/c13-6-3-7-16-9-11-5-2-1-4-10(11)8-12(14)15/h1-2,4-5H,3,6-9,13H2,(H,14,15). The minimum atomic E-state index is -0.778. The van der Waals surface area contributed by atoms with E-state index in [-0.39, 0.29) is 6.42 Å². The lowest BCUT2D eigenvalue weighted by Gasteiger charge is -2.07. The van der Waals surface area contributed by atoms with Crippen molar-refractivity contribution in [2.75, 3.05) is 12.3 Å². The fraction of sp³-hybridized carbons (Fsp3) is 0.417. The Bertz CT molecular complexity index is 342. The molecule has 0 atom stereocenters. The van der Waals surface area contributed by atoms with E-state index in [1.54, 1.807) is 11.8 Å². The number of aliphatic carboxylic acids is 1. The van der Waals surface area contributed by atoms with Crippen LogP contribution in [0.1, 0.15) is 17.5 Å². The lowest BCUT2D eigenvalue weighted by Crippen LogP contribution is -2.03. The Morgan fingerprint density at radius 2 is 2.00 bits per heavy atom. The van der Waals surface area contributed by atoms with Gasteiger partial charge in [-0.3, -0.25) is 4.79 Å². The van der Waals surface area contributed by atoms with Gasteiger partial charge in [0.1, 0.15) is 0 Å². The van der Waals surface area contributed by atoms with Crippen molar-refractivity contribution in [2.45, 2.75) is 18.6 Å². The van der Waals surface area contributed by atoms with Crippen LogP contribution in [0, 0.1) is 0 Å². The quantitative estimate of drug-likeness (QED) is 0.713. The van der Waals surface area contributed by atoms with Gasteiger partial charge in [-0.25, -0.2) is 0 Å². The number of carboxylic acids is 1. The van der Waals surface area contributed by atoms with Crippen molar-refractivity contribution in [3.8, 4) is 0 Å². The molecule has 3 nitrogen and oxygen atoms in total. The van der Waals surface area contributed by atoms with Crippen LogP contribution in [0.5, 0.6) is 0 Å². The molecule has 0 amide bonds. The molecule has 0 bridgehead atoms. The van der Waals surface area contributed by atoms with E-state index in [2.05, 4.69) is 0 Å². The Labute approximate surface area is 100 Å². The minimum absolute atomic E-state index is 0.105. The summed E-state index contributed by atoms with van der Waals surface area (Å²) in [5.41, 5.74) is 7.44. The lowest BCUT2D eigenvalue weighted by molar-refractivity contribution is -0.136. The first-order valence-electron chi connectivity index (χ1n) is 5.30. The summed E-state index contributed by atoms with van der Waals surface area (Å²) < 4.78 is 0. The molecule has 0 radical (unpaired) electrons. The van der Waals surface area contributed by atoms with Crippen LogP contribution in [0.25, 0.3) is 0 Å². The molecule has 0 saturated heterocycles. The Kier molecular flexibility index (Phi) is 5.96. The molecule has 0 aliphatic rings. The fourth-order valence-electron chi connectivity index (χ4n) is 1.40. The van der Waals surface area contributed by atoms with Crippen molar-refractivity contribution in [3.63, 3.8) is 0 Å². The van der Waals surface area contributed by atoms with Gasteiger partial charge in [-0.1, -0.05) is 24.3 Å². The van der Waals surface area contributed by atoms with Crippen LogP contribution < -0.4 is 5.73 Å². The van der Waals surface area contributed by atoms with Gasteiger partial charge in [-0.15, -0.1) is 0 Å². The van der Waals surface area contributed by atoms with E-state index in [1.807, 2.05) is 24.3 Å². The van der Waals surface area contributed by atoms with E-state index in [1.165, 1.54) is 0 Å². The summed E-state index contributed by atoms with van der Waals surface area (Å²) >= 11 is 1.80. The summed E-state index contributed by atoms with van der Waals surface area (Å²) in [7, 11) is 0. The first kappa shape index (κ1) is 13.1. The average Bonchev–Trinajstić information content (AvgIpc) is 2.26. The van der Waals surface area contributed by atoms with Gasteiger partial charge in [-0.2, -0.15) is 11.8 Å². The number of nitrogens with two attached hydrogens (primary N) is 1. The zero-order chi connectivity index (χ0) is 11.8. The molecule has 88 valence electrons. The maximum atomic E-state index is 10.7. The second-order valence-corrected chi connectivity index (χ2v) is 4.64. The number of hydrogen-bond acceptors (Lipinski definition) is 3. The van der Waals surface area contributed by atoms with Gasteiger partial charge < -0.3 is 10.8 Å². The summed E-state index contributed by atoms with van der Waals surface area (Å²) in [6.07, 6.45) is 1.11. The van der Waals surface area contributed by atoms with Crippen molar-refractivity contribution in [2.24, 2.45) is 5.73 Å². The molecule has 4 heteroatoms. The number of hydrogen-bond donors (Lipinski definition) is 2. The van der Waals surface area contributed by atoms with Gasteiger partial charge in [0.05, 0.1) is 6.42 Å². The third-order valence-corrected chi connectivity index (χ3v) is 3.30. The Morgan fingerprint density at radius 3 is 2.62 bits per heavy atom. The Balaban J connectivity index is 2.53. The molecule has 0 saturated carbocycles. The smallest absolute Gasteiger partial charge is 0.307 e. The molecule has 0 aliphatic carbocycles. The van der Waals surface area contributed by atoms with Crippen molar-refractivity contribution < 1.29 is 9.90 Å². The highest BCUT2D eigenvalue weighted by Crippen LogP contribution is 2.17. The molecular weight excluding hydrogens is 222 g/mol. The molecule has 0 unspecified atom stereocenters. The summed E-state index contributed by atoms with van der Waals surface area (Å²) in [5, 5.41) is 8.78. The van der Waals surface area contributed by atoms with E-state index in [0.29, 0.717) is 6.54 Å². The van der Waals surface area contributed by atoms with E-state index < -0.39 is 5.97 Å². The van der Waals surface area contributed by atoms with Crippen LogP contribution in [-0.4, -0.2) is 23.4 Å². The van der Waals surface area contributed by atoms with Crippen molar-refractivity contribution >= 4 is 17.7 Å². The molecule has 0 spiro atoms. The van der Waals surface area contributed by atoms with Gasteiger partial charge in [0.25, 0.3) is 0 Å². The highest BCUT2D eigenvalue weighted by atomic mass is 32.2. The summed E-state index contributed by atoms with van der Waals surface area (Å²) in [6, 6.07) is 7.71. The lowest BCUT2D eigenvalue weighted by atomic mass is 10.1. The molecule has 0 aliphatic heterocycles. The first-order valence-corrected chi connectivity index (χ1v) is 6.46. The number of rotatable bonds is 7. The highest BCUT2D eigenvalue weighted by Gasteiger charge is 2.05. The molecule has 0 fully saturated rings. The van der Waals surface area contributed by atoms with Crippen LogP contribution >= 0.6 is 11.8 Å². The van der Waals surface area contributed by atoms with Gasteiger partial charge in [0.15, 0.2) is 0 Å². The van der Waals surface area contributed by atoms with Crippen LogP contribution in [0.15, 0.2) is 24.3 Å². The third kappa shape index (κ3) is 4.68. The first-order chi connectivity index (χ1) is 7.74. The van der Waals surface area contributed by atoms with Crippen molar-refractivity contribution in [1.82, 2.24) is 0 Å². The molecule has 16 heavy (non-hydrogen) atoms.